The number of fused-ring (bicyclic) bond motifs is 2. The summed E-state index contributed by atoms with van der Waals surface area (Å²) in [5.74, 6) is 4.15. The molecule has 0 N–H and O–H groups in total. The van der Waals surface area contributed by atoms with Gasteiger partial charge < -0.3 is 0 Å². The van der Waals surface area contributed by atoms with Crippen molar-refractivity contribution >= 4 is 21.7 Å². The Balaban J connectivity index is 1.44. The molecule has 1 heteroatoms. The molecule has 2 aliphatic carbocycles. The normalized spacial score (nSPS) is 17.9. The predicted molar refractivity (Wildman–Crippen MR) is 276 cm³/mol. The van der Waals surface area contributed by atoms with Crippen LogP contribution in [-0.4, -0.2) is 9.52 Å². The molecule has 0 heterocycles. The van der Waals surface area contributed by atoms with E-state index in [0.29, 0.717) is 47.3 Å². The van der Waals surface area contributed by atoms with Crippen LogP contribution in [-0.2, 0) is 10.8 Å². The molecule has 0 amide bonds. The Labute approximate surface area is 377 Å². The monoisotopic (exact) mass is 833 g/mol. The maximum Gasteiger partial charge on any atom is 0.0218 e. The Morgan fingerprint density at radius 3 is 1.03 bits per heavy atom. The Morgan fingerprint density at radius 2 is 0.770 bits per heavy atom. The molecule has 328 valence electrons. The van der Waals surface area contributed by atoms with E-state index in [1.165, 1.54) is 91.7 Å². The molecule has 6 rings (SSSR count). The van der Waals surface area contributed by atoms with Crippen LogP contribution in [0.1, 0.15) is 229 Å². The van der Waals surface area contributed by atoms with Crippen molar-refractivity contribution in [2.75, 3.05) is 0 Å². The highest BCUT2D eigenvalue weighted by atomic mass is 28.2. The van der Waals surface area contributed by atoms with Crippen molar-refractivity contribution in [3.8, 4) is 22.3 Å². The smallest absolute Gasteiger partial charge is 0.0218 e. The third-order valence-electron chi connectivity index (χ3n) is 14.9. The third kappa shape index (κ3) is 9.59. The summed E-state index contributed by atoms with van der Waals surface area (Å²) in [5, 5.41) is 0. The highest BCUT2D eigenvalue weighted by molar-refractivity contribution is 6.36. The first-order valence-corrected chi connectivity index (χ1v) is 26.6. The second-order valence-electron chi connectivity index (χ2n) is 22.8. The van der Waals surface area contributed by atoms with Crippen LogP contribution in [0.2, 0.25) is 12.1 Å². The van der Waals surface area contributed by atoms with E-state index in [0.717, 1.165) is 0 Å². The minimum Gasteiger partial charge on any atom is -0.0648 e. The largest absolute Gasteiger partial charge is 0.0648 e. The van der Waals surface area contributed by atoms with Gasteiger partial charge >= 0.3 is 0 Å². The Morgan fingerprint density at radius 1 is 0.459 bits per heavy atom. The van der Waals surface area contributed by atoms with Crippen LogP contribution in [0.3, 0.4) is 0 Å². The van der Waals surface area contributed by atoms with E-state index in [1.807, 2.05) is 0 Å². The zero-order valence-corrected chi connectivity index (χ0v) is 43.5. The third-order valence-corrected chi connectivity index (χ3v) is 16.9. The summed E-state index contributed by atoms with van der Waals surface area (Å²) in [6, 6.07) is 27.9. The van der Waals surface area contributed by atoms with Crippen molar-refractivity contribution < 1.29 is 0 Å². The molecule has 4 atom stereocenters. The van der Waals surface area contributed by atoms with E-state index in [9.17, 15) is 0 Å². The van der Waals surface area contributed by atoms with Gasteiger partial charge in [-0.3, -0.25) is 0 Å². The zero-order valence-electron chi connectivity index (χ0n) is 42.1. The van der Waals surface area contributed by atoms with Crippen molar-refractivity contribution in [3.63, 3.8) is 0 Å². The second-order valence-corrected chi connectivity index (χ2v) is 24.7. The molecule has 4 unspecified atom stereocenters. The Kier molecular flexibility index (Phi) is 14.2. The Hall–Kier alpha value is -3.42. The lowest BCUT2D eigenvalue weighted by molar-refractivity contribution is 0.591. The molecule has 0 bridgehead atoms. The molecule has 0 saturated carbocycles. The quantitative estimate of drug-likeness (QED) is 0.111. The Bertz CT molecular complexity index is 2060. The van der Waals surface area contributed by atoms with Crippen molar-refractivity contribution in [1.82, 2.24) is 0 Å². The van der Waals surface area contributed by atoms with Gasteiger partial charge in [0.2, 0.25) is 0 Å². The molecule has 4 aromatic rings. The van der Waals surface area contributed by atoms with Crippen molar-refractivity contribution in [1.29, 1.82) is 0 Å². The minimum absolute atomic E-state index is 0.0418. The number of allylic oxidation sites excluding steroid dienone is 2. The van der Waals surface area contributed by atoms with Gasteiger partial charge in [-0.15, -0.1) is 0 Å². The van der Waals surface area contributed by atoms with Crippen LogP contribution in [0.15, 0.2) is 71.8 Å². The van der Waals surface area contributed by atoms with Crippen LogP contribution >= 0.6 is 0 Å². The standard InChI is InChI=1S/C60H84Si/c1-19-39(11)49-31-51-47(21-23-55(59(13,14)15)57(51)45-27-41(35(3)4)25-42(28-45)36(5)6)53(49)33-61-34-54-48-22-24-56(60(16,17)18)58(52(48)32-50(54)40(12)20-2)46-29-43(37(7)8)26-44(30-46)38(9)10/h21-32,35-40,53-54H,19-20,33-34,61H2,1-18H3. The minimum atomic E-state index is -0.444. The molecule has 61 heavy (non-hydrogen) atoms. The summed E-state index contributed by atoms with van der Waals surface area (Å²) in [5.41, 5.74) is 24.3. The van der Waals surface area contributed by atoms with Crippen LogP contribution in [0.5, 0.6) is 0 Å². The summed E-state index contributed by atoms with van der Waals surface area (Å²) >= 11 is 0. The van der Waals surface area contributed by atoms with E-state index in [-0.39, 0.29) is 10.8 Å². The molecule has 0 nitrogen and oxygen atoms in total. The van der Waals surface area contributed by atoms with Gasteiger partial charge in [-0.25, -0.2) is 0 Å². The lowest BCUT2D eigenvalue weighted by atomic mass is 9.77. The van der Waals surface area contributed by atoms with Gasteiger partial charge in [0.25, 0.3) is 0 Å². The summed E-state index contributed by atoms with van der Waals surface area (Å²) in [4.78, 5) is 0. The molecule has 0 aliphatic heterocycles. The van der Waals surface area contributed by atoms with Gasteiger partial charge in [-0.1, -0.05) is 221 Å². The maximum absolute atomic E-state index is 2.69. The second kappa shape index (κ2) is 18.4. The van der Waals surface area contributed by atoms with Gasteiger partial charge in [-0.05, 0) is 137 Å². The van der Waals surface area contributed by atoms with Gasteiger partial charge in [0.05, 0.1) is 0 Å². The molecule has 2 aliphatic rings. The first kappa shape index (κ1) is 47.1. The average molecular weight is 833 g/mol. The molecule has 0 saturated heterocycles. The van der Waals surface area contributed by atoms with Gasteiger partial charge in [0.15, 0.2) is 0 Å². The summed E-state index contributed by atoms with van der Waals surface area (Å²) in [6.07, 6.45) is 7.76. The van der Waals surface area contributed by atoms with Gasteiger partial charge in [0, 0.05) is 21.4 Å². The molecule has 0 fully saturated rings. The van der Waals surface area contributed by atoms with Crippen molar-refractivity contribution in [2.45, 2.75) is 196 Å². The van der Waals surface area contributed by atoms with E-state index >= 15 is 0 Å². The topological polar surface area (TPSA) is 0 Å². The lowest BCUT2D eigenvalue weighted by Crippen LogP contribution is -2.16. The first-order valence-electron chi connectivity index (χ1n) is 24.6. The summed E-state index contributed by atoms with van der Waals surface area (Å²) in [6.45, 7) is 43.1. The lowest BCUT2D eigenvalue weighted by Gasteiger charge is -2.28. The van der Waals surface area contributed by atoms with E-state index < -0.39 is 9.52 Å². The molecule has 4 aromatic carbocycles. The zero-order chi connectivity index (χ0) is 44.9. The van der Waals surface area contributed by atoms with E-state index in [1.54, 1.807) is 22.3 Å². The average Bonchev–Trinajstić information content (AvgIpc) is 3.76. The molecular formula is C60H84Si. The molecule has 0 radical (unpaired) electrons. The molecule has 0 aromatic heterocycles. The van der Waals surface area contributed by atoms with Gasteiger partial charge in [-0.2, -0.15) is 0 Å². The molecule has 0 spiro atoms. The first-order chi connectivity index (χ1) is 28.6. The number of benzene rings is 4. The van der Waals surface area contributed by atoms with Crippen molar-refractivity contribution in [3.05, 3.63) is 127 Å². The summed E-state index contributed by atoms with van der Waals surface area (Å²) in [7, 11) is -0.444. The highest BCUT2D eigenvalue weighted by Gasteiger charge is 2.36. The fourth-order valence-electron chi connectivity index (χ4n) is 10.5. The number of hydrogen-bond donors (Lipinski definition) is 0. The fourth-order valence-corrected chi connectivity index (χ4v) is 12.9. The summed E-state index contributed by atoms with van der Waals surface area (Å²) < 4.78 is 0. The fraction of sp³-hybridized carbons (Fsp3) is 0.533. The highest BCUT2D eigenvalue weighted by Crippen LogP contribution is 2.52. The van der Waals surface area contributed by atoms with E-state index in [2.05, 4.69) is 197 Å². The van der Waals surface area contributed by atoms with Crippen LogP contribution in [0.4, 0.5) is 0 Å². The SMILES string of the molecule is CCC(C)C1=Cc2c(ccc(C(C)(C)C)c2-c2cc(C(C)C)cc(C(C)C)c2)C1C[SiH2]CC1C(C(C)CC)=Cc2c1ccc(C(C)(C)C)c2-c1cc(C(C)C)cc(C(C)C)c1. The van der Waals surface area contributed by atoms with Crippen LogP contribution in [0.25, 0.3) is 34.4 Å². The van der Waals surface area contributed by atoms with E-state index in [4.69, 9.17) is 0 Å². The maximum atomic E-state index is 2.69. The van der Waals surface area contributed by atoms with Gasteiger partial charge in [0.1, 0.15) is 0 Å². The predicted octanol–water partition coefficient (Wildman–Crippen LogP) is 17.9. The molecular weight excluding hydrogens is 749 g/mol. The van der Waals surface area contributed by atoms with Crippen molar-refractivity contribution in [2.24, 2.45) is 11.8 Å². The number of rotatable bonds is 14. The number of hydrogen-bond acceptors (Lipinski definition) is 0. The van der Waals surface area contributed by atoms with Crippen LogP contribution < -0.4 is 0 Å². The van der Waals surface area contributed by atoms with Crippen LogP contribution in [0, 0.1) is 11.8 Å².